The summed E-state index contributed by atoms with van der Waals surface area (Å²) in [5.74, 6) is -0.141. The molecule has 0 bridgehead atoms. The van der Waals surface area contributed by atoms with Crippen LogP contribution in [0.2, 0.25) is 5.02 Å². The van der Waals surface area contributed by atoms with Crippen LogP contribution in [0.25, 0.3) is 11.4 Å². The van der Waals surface area contributed by atoms with Crippen LogP contribution in [0.1, 0.15) is 16.2 Å². The highest BCUT2D eigenvalue weighted by atomic mass is 35.5. The molecule has 3 rings (SSSR count). The first kappa shape index (κ1) is 18.1. The SMILES string of the molecule is CS(=O)(=O)c1ccc(C(=O)OCc2nc(-c3ccc(Cl)cc3)no2)cc1. The molecule has 0 fully saturated rings. The Morgan fingerprint density at radius 1 is 1.12 bits per heavy atom. The topological polar surface area (TPSA) is 99.4 Å². The molecule has 26 heavy (non-hydrogen) atoms. The van der Waals surface area contributed by atoms with Gasteiger partial charge in [0.1, 0.15) is 0 Å². The summed E-state index contributed by atoms with van der Waals surface area (Å²) in [6, 6.07) is 12.3. The van der Waals surface area contributed by atoms with E-state index in [9.17, 15) is 13.2 Å². The predicted octanol–water partition coefficient (Wildman–Crippen LogP) is 3.15. The molecular formula is C17H13ClN2O5S. The Hall–Kier alpha value is -2.71. The first-order valence-corrected chi connectivity index (χ1v) is 9.65. The van der Waals surface area contributed by atoms with Gasteiger partial charge in [0.05, 0.1) is 10.5 Å². The number of aromatic nitrogens is 2. The normalized spacial score (nSPS) is 11.3. The fourth-order valence-corrected chi connectivity index (χ4v) is 2.83. The molecule has 0 saturated carbocycles. The molecule has 3 aromatic rings. The highest BCUT2D eigenvalue weighted by molar-refractivity contribution is 7.90. The van der Waals surface area contributed by atoms with E-state index in [2.05, 4.69) is 10.1 Å². The van der Waals surface area contributed by atoms with Crippen molar-refractivity contribution in [1.82, 2.24) is 10.1 Å². The van der Waals surface area contributed by atoms with Crippen LogP contribution in [0.15, 0.2) is 57.9 Å². The summed E-state index contributed by atoms with van der Waals surface area (Å²) in [6.45, 7) is -0.201. The van der Waals surface area contributed by atoms with Crippen LogP contribution < -0.4 is 0 Å². The largest absolute Gasteiger partial charge is 0.452 e. The van der Waals surface area contributed by atoms with Crippen molar-refractivity contribution in [2.24, 2.45) is 0 Å². The van der Waals surface area contributed by atoms with Gasteiger partial charge in [-0.1, -0.05) is 16.8 Å². The summed E-state index contributed by atoms with van der Waals surface area (Å²) < 4.78 is 33.0. The van der Waals surface area contributed by atoms with E-state index in [1.807, 2.05) is 0 Å². The molecule has 9 heteroatoms. The van der Waals surface area contributed by atoms with Gasteiger partial charge in [0, 0.05) is 16.8 Å². The molecule has 0 spiro atoms. The van der Waals surface area contributed by atoms with Crippen LogP contribution in [-0.2, 0) is 21.2 Å². The molecule has 0 atom stereocenters. The van der Waals surface area contributed by atoms with E-state index in [1.165, 1.54) is 24.3 Å². The zero-order valence-electron chi connectivity index (χ0n) is 13.5. The van der Waals surface area contributed by atoms with E-state index < -0.39 is 15.8 Å². The number of rotatable bonds is 5. The van der Waals surface area contributed by atoms with Gasteiger partial charge in [0.25, 0.3) is 5.89 Å². The van der Waals surface area contributed by atoms with E-state index in [0.717, 1.165) is 6.26 Å². The fraction of sp³-hybridized carbons (Fsp3) is 0.118. The Labute approximate surface area is 154 Å². The minimum absolute atomic E-state index is 0.124. The van der Waals surface area contributed by atoms with Gasteiger partial charge in [-0.25, -0.2) is 13.2 Å². The third-order valence-electron chi connectivity index (χ3n) is 3.42. The van der Waals surface area contributed by atoms with E-state index in [4.69, 9.17) is 20.9 Å². The number of esters is 1. The van der Waals surface area contributed by atoms with Crippen molar-refractivity contribution < 1.29 is 22.5 Å². The summed E-state index contributed by atoms with van der Waals surface area (Å²) in [6.07, 6.45) is 1.09. The predicted molar refractivity (Wildman–Crippen MR) is 93.4 cm³/mol. The summed E-state index contributed by atoms with van der Waals surface area (Å²) in [5.41, 5.74) is 0.932. The Kier molecular flexibility index (Phi) is 5.06. The average molecular weight is 393 g/mol. The van der Waals surface area contributed by atoms with Gasteiger partial charge in [-0.15, -0.1) is 0 Å². The summed E-state index contributed by atoms with van der Waals surface area (Å²) >= 11 is 5.83. The lowest BCUT2D eigenvalue weighted by Gasteiger charge is -2.03. The molecule has 0 radical (unpaired) electrons. The van der Waals surface area contributed by atoms with Crippen molar-refractivity contribution in [1.29, 1.82) is 0 Å². The van der Waals surface area contributed by atoms with Crippen LogP contribution in [0, 0.1) is 0 Å². The van der Waals surface area contributed by atoms with Gasteiger partial charge in [0.15, 0.2) is 16.4 Å². The Morgan fingerprint density at radius 2 is 1.77 bits per heavy atom. The van der Waals surface area contributed by atoms with Gasteiger partial charge in [0.2, 0.25) is 5.82 Å². The van der Waals surface area contributed by atoms with E-state index in [0.29, 0.717) is 16.4 Å². The molecule has 0 aliphatic carbocycles. The minimum atomic E-state index is -3.32. The smallest absolute Gasteiger partial charge is 0.338 e. The van der Waals surface area contributed by atoms with E-state index in [1.54, 1.807) is 24.3 Å². The maximum atomic E-state index is 12.0. The molecule has 0 amide bonds. The molecule has 134 valence electrons. The molecule has 1 heterocycles. The Balaban J connectivity index is 1.64. The van der Waals surface area contributed by atoms with Gasteiger partial charge in [-0.3, -0.25) is 0 Å². The lowest BCUT2D eigenvalue weighted by Crippen LogP contribution is -2.06. The maximum Gasteiger partial charge on any atom is 0.338 e. The molecular weight excluding hydrogens is 380 g/mol. The van der Waals surface area contributed by atoms with Gasteiger partial charge in [-0.05, 0) is 48.5 Å². The second-order valence-corrected chi connectivity index (χ2v) is 7.84. The van der Waals surface area contributed by atoms with Crippen LogP contribution >= 0.6 is 11.6 Å². The number of hydrogen-bond acceptors (Lipinski definition) is 7. The van der Waals surface area contributed by atoms with Crippen LogP contribution in [-0.4, -0.2) is 30.8 Å². The summed E-state index contributed by atoms with van der Waals surface area (Å²) in [5, 5.41) is 4.41. The number of benzene rings is 2. The zero-order valence-corrected chi connectivity index (χ0v) is 15.1. The monoisotopic (exact) mass is 392 g/mol. The number of halogens is 1. The number of hydrogen-bond donors (Lipinski definition) is 0. The number of sulfone groups is 1. The lowest BCUT2D eigenvalue weighted by atomic mass is 10.2. The summed E-state index contributed by atoms with van der Waals surface area (Å²) in [4.78, 5) is 16.3. The first-order chi connectivity index (χ1) is 12.3. The van der Waals surface area contributed by atoms with Crippen LogP contribution in [0.3, 0.4) is 0 Å². The number of ether oxygens (including phenoxy) is 1. The van der Waals surface area contributed by atoms with Crippen LogP contribution in [0.4, 0.5) is 0 Å². The molecule has 2 aromatic carbocycles. The minimum Gasteiger partial charge on any atom is -0.452 e. The average Bonchev–Trinajstić information content (AvgIpc) is 3.08. The number of carbonyl (C=O) groups is 1. The van der Waals surface area contributed by atoms with E-state index >= 15 is 0 Å². The van der Waals surface area contributed by atoms with Crippen LogP contribution in [0.5, 0.6) is 0 Å². The van der Waals surface area contributed by atoms with Crippen molar-refractivity contribution in [3.63, 3.8) is 0 Å². The third-order valence-corrected chi connectivity index (χ3v) is 4.80. The highest BCUT2D eigenvalue weighted by Gasteiger charge is 2.14. The first-order valence-electron chi connectivity index (χ1n) is 7.39. The second kappa shape index (κ2) is 7.27. The lowest BCUT2D eigenvalue weighted by molar-refractivity contribution is 0.0429. The zero-order chi connectivity index (χ0) is 18.7. The highest BCUT2D eigenvalue weighted by Crippen LogP contribution is 2.19. The van der Waals surface area contributed by atoms with Crippen molar-refractivity contribution in [3.05, 3.63) is 65.0 Å². The molecule has 0 saturated heterocycles. The molecule has 0 N–H and O–H groups in total. The molecule has 0 aliphatic heterocycles. The Bertz CT molecular complexity index is 1030. The van der Waals surface area contributed by atoms with E-state index in [-0.39, 0.29) is 23.0 Å². The standard InChI is InChI=1S/C17H13ClN2O5S/c1-26(22,23)14-8-4-12(5-9-14)17(21)24-10-15-19-16(20-25-15)11-2-6-13(18)7-3-11/h2-9H,10H2,1H3. The molecule has 0 aliphatic rings. The van der Waals surface area contributed by atoms with Crippen molar-refractivity contribution in [2.75, 3.05) is 6.26 Å². The van der Waals surface area contributed by atoms with Gasteiger partial charge in [-0.2, -0.15) is 4.98 Å². The fourth-order valence-electron chi connectivity index (χ4n) is 2.08. The Morgan fingerprint density at radius 3 is 2.38 bits per heavy atom. The quantitative estimate of drug-likeness (QED) is 0.615. The van der Waals surface area contributed by atoms with Crippen molar-refractivity contribution in [2.45, 2.75) is 11.5 Å². The van der Waals surface area contributed by atoms with Gasteiger partial charge < -0.3 is 9.26 Å². The molecule has 1 aromatic heterocycles. The second-order valence-electron chi connectivity index (χ2n) is 5.39. The van der Waals surface area contributed by atoms with Gasteiger partial charge >= 0.3 is 5.97 Å². The number of carbonyl (C=O) groups excluding carboxylic acids is 1. The van der Waals surface area contributed by atoms with Crippen molar-refractivity contribution in [3.8, 4) is 11.4 Å². The maximum absolute atomic E-state index is 12.0. The molecule has 0 unspecified atom stereocenters. The number of nitrogens with zero attached hydrogens (tertiary/aromatic N) is 2. The molecule has 7 nitrogen and oxygen atoms in total. The third kappa shape index (κ3) is 4.27. The van der Waals surface area contributed by atoms with Crippen molar-refractivity contribution >= 4 is 27.4 Å². The summed E-state index contributed by atoms with van der Waals surface area (Å²) in [7, 11) is -3.32.